The lowest BCUT2D eigenvalue weighted by molar-refractivity contribution is -0.0504. The van der Waals surface area contributed by atoms with Gasteiger partial charge in [0.25, 0.3) is 6.17 Å². The highest BCUT2D eigenvalue weighted by atomic mass is 32.2. The molecule has 0 radical (unpaired) electrons. The molecule has 0 spiro atoms. The molecule has 0 bridgehead atoms. The minimum Gasteiger partial charge on any atom is -0.376 e. The highest BCUT2D eigenvalue weighted by Gasteiger charge is 2.49. The van der Waals surface area contributed by atoms with Crippen LogP contribution in [0.15, 0.2) is 69.0 Å². The number of rotatable bonds is 8. The molecule has 0 heterocycles. The third-order valence-electron chi connectivity index (χ3n) is 3.33. The second kappa shape index (κ2) is 10.2. The van der Waals surface area contributed by atoms with E-state index in [9.17, 15) is 43.2 Å². The molecule has 19 heteroatoms. The largest absolute Gasteiger partial charge is 0.534 e. The van der Waals surface area contributed by atoms with Gasteiger partial charge in [-0.15, -0.1) is 10.2 Å². The van der Waals surface area contributed by atoms with E-state index in [1.54, 1.807) is 6.07 Å². The maximum atomic E-state index is 12.3. The fourth-order valence-corrected chi connectivity index (χ4v) is 2.72. The molecule has 0 aromatic heterocycles. The van der Waals surface area contributed by atoms with Crippen molar-refractivity contribution in [3.05, 3.63) is 48.5 Å². The summed E-state index contributed by atoms with van der Waals surface area (Å²) in [5.74, 6) is -1.32. The fraction of sp³-hybridized carbons (Fsp3) is 0.188. The third-order valence-corrected chi connectivity index (χ3v) is 5.29. The Morgan fingerprint density at radius 2 is 1.00 bits per heavy atom. The molecule has 0 unspecified atom stereocenters. The molecule has 2 aromatic rings. The van der Waals surface area contributed by atoms with Crippen molar-refractivity contribution in [2.45, 2.75) is 17.2 Å². The van der Waals surface area contributed by atoms with E-state index in [2.05, 4.69) is 28.8 Å². The number of hydrogen-bond donors (Lipinski definition) is 0. The van der Waals surface area contributed by atoms with Gasteiger partial charge in [0.15, 0.2) is 0 Å². The molecular formula is C16H9F6N5O6S2. The Labute approximate surface area is 192 Å². The van der Waals surface area contributed by atoms with Crippen LogP contribution in [0.4, 0.5) is 37.7 Å². The summed E-state index contributed by atoms with van der Waals surface area (Å²) in [4.78, 5) is 0. The first-order valence-corrected chi connectivity index (χ1v) is 11.3. The van der Waals surface area contributed by atoms with Crippen LogP contribution in [-0.2, 0) is 20.2 Å². The number of nitrogens with zero attached hydrogens (tertiary/aromatic N) is 5. The lowest BCUT2D eigenvalue weighted by Crippen LogP contribution is -2.27. The normalized spacial score (nSPS) is 14.1. The smallest absolute Gasteiger partial charge is 0.376 e. The number of halogens is 6. The van der Waals surface area contributed by atoms with Crippen molar-refractivity contribution in [1.82, 2.24) is 0 Å². The second-order valence-electron chi connectivity index (χ2n) is 5.89. The predicted molar refractivity (Wildman–Crippen MR) is 103 cm³/mol. The van der Waals surface area contributed by atoms with Crippen LogP contribution in [0.3, 0.4) is 0 Å². The van der Waals surface area contributed by atoms with Crippen molar-refractivity contribution in [2.75, 3.05) is 0 Å². The van der Waals surface area contributed by atoms with E-state index < -0.39 is 48.9 Å². The van der Waals surface area contributed by atoms with Crippen LogP contribution in [0.1, 0.15) is 0 Å². The zero-order valence-electron chi connectivity index (χ0n) is 16.5. The Hall–Kier alpha value is -3.79. The van der Waals surface area contributed by atoms with Crippen LogP contribution in [-0.4, -0.2) is 34.0 Å². The van der Waals surface area contributed by atoms with Gasteiger partial charge in [0, 0.05) is 0 Å². The van der Waals surface area contributed by atoms with Gasteiger partial charge in [0.2, 0.25) is 0 Å². The number of alkyl halides is 6. The zero-order chi connectivity index (χ0) is 26.5. The van der Waals surface area contributed by atoms with Crippen LogP contribution in [0.5, 0.6) is 11.5 Å². The van der Waals surface area contributed by atoms with Gasteiger partial charge in [-0.3, -0.25) is 0 Å². The lowest BCUT2D eigenvalue weighted by Gasteiger charge is -2.09. The summed E-state index contributed by atoms with van der Waals surface area (Å²) in [6, 6.07) is 9.11. The Morgan fingerprint density at radius 3 is 1.26 bits per heavy atom. The van der Waals surface area contributed by atoms with Gasteiger partial charge in [-0.05, 0) is 48.5 Å². The molecule has 0 aliphatic rings. The maximum absolute atomic E-state index is 12.3. The molecule has 0 fully saturated rings. The topological polar surface area (TPSA) is 160 Å². The molecule has 0 saturated heterocycles. The fourth-order valence-electron chi connectivity index (χ4n) is 1.80. The number of hydrogen-bond acceptors (Lipinski definition) is 11. The molecule has 35 heavy (non-hydrogen) atoms. The van der Waals surface area contributed by atoms with Crippen LogP contribution in [0.2, 0.25) is 0 Å². The van der Waals surface area contributed by atoms with Crippen molar-refractivity contribution >= 4 is 31.6 Å². The van der Waals surface area contributed by atoms with Crippen molar-refractivity contribution in [2.24, 2.45) is 20.5 Å². The molecule has 0 amide bonds. The first-order valence-electron chi connectivity index (χ1n) is 8.47. The van der Waals surface area contributed by atoms with Crippen molar-refractivity contribution < 1.29 is 51.5 Å². The molecule has 2 aromatic carbocycles. The van der Waals surface area contributed by atoms with E-state index in [-0.39, 0.29) is 11.4 Å². The summed E-state index contributed by atoms with van der Waals surface area (Å²) in [6.45, 7) is 0. The Kier molecular flexibility index (Phi) is 8.02. The van der Waals surface area contributed by atoms with Gasteiger partial charge >= 0.3 is 31.3 Å². The lowest BCUT2D eigenvalue weighted by atomic mass is 10.3. The van der Waals surface area contributed by atoms with E-state index >= 15 is 0 Å². The average Bonchev–Trinajstić information content (AvgIpc) is 2.74. The molecule has 188 valence electrons. The van der Waals surface area contributed by atoms with Crippen molar-refractivity contribution in [3.63, 3.8) is 0 Å². The minimum atomic E-state index is -5.86. The predicted octanol–water partition coefficient (Wildman–Crippen LogP) is 4.86. The van der Waals surface area contributed by atoms with E-state index in [4.69, 9.17) is 5.26 Å². The van der Waals surface area contributed by atoms with E-state index in [1.165, 1.54) is 0 Å². The highest BCUT2D eigenvalue weighted by molar-refractivity contribution is 7.88. The van der Waals surface area contributed by atoms with Crippen LogP contribution >= 0.6 is 0 Å². The highest BCUT2D eigenvalue weighted by Crippen LogP contribution is 2.29. The monoisotopic (exact) mass is 545 g/mol. The summed E-state index contributed by atoms with van der Waals surface area (Å²) in [7, 11) is -11.7. The van der Waals surface area contributed by atoms with Crippen LogP contribution in [0, 0.1) is 11.3 Å². The van der Waals surface area contributed by atoms with Gasteiger partial charge in [-0.25, -0.2) is 0 Å². The SMILES string of the molecule is N#CC(N=Nc1ccc(OS(=O)(=O)C(F)(F)F)cc1)N=Nc1ccc(OS(=O)(=O)C(F)(F)F)cc1. The Morgan fingerprint density at radius 1 is 0.686 bits per heavy atom. The Bertz CT molecular complexity index is 1250. The van der Waals surface area contributed by atoms with Crippen molar-refractivity contribution in [1.29, 1.82) is 5.26 Å². The van der Waals surface area contributed by atoms with Gasteiger partial charge in [0.05, 0.1) is 11.4 Å². The molecule has 11 nitrogen and oxygen atoms in total. The second-order valence-corrected chi connectivity index (χ2v) is 8.96. The minimum absolute atomic E-state index is 0.0235. The first kappa shape index (κ1) is 27.5. The average molecular weight is 545 g/mol. The molecular weight excluding hydrogens is 536 g/mol. The van der Waals surface area contributed by atoms with Crippen molar-refractivity contribution in [3.8, 4) is 17.6 Å². The summed E-state index contributed by atoms with van der Waals surface area (Å²) in [5.41, 5.74) is -11.3. The third kappa shape index (κ3) is 7.61. The van der Waals surface area contributed by atoms with Gasteiger partial charge in [-0.1, -0.05) is 0 Å². The maximum Gasteiger partial charge on any atom is 0.534 e. The van der Waals surface area contributed by atoms with Gasteiger partial charge in [-0.2, -0.15) is 58.7 Å². The number of nitriles is 1. The molecule has 2 rings (SSSR count). The van der Waals surface area contributed by atoms with Crippen LogP contribution < -0.4 is 8.37 Å². The molecule has 0 aliphatic carbocycles. The number of azo groups is 2. The molecule has 0 saturated carbocycles. The molecule has 0 atom stereocenters. The van der Waals surface area contributed by atoms with Crippen LogP contribution in [0.25, 0.3) is 0 Å². The summed E-state index contributed by atoms with van der Waals surface area (Å²) in [6.07, 6.45) is -1.53. The standard InChI is InChI=1S/C16H9F6N5O6S2/c17-15(18,19)34(28,29)32-12-5-1-10(2-6-12)24-26-14(9-23)27-25-11-3-7-13(8-4-11)33-35(30,31)16(20,21)22/h1-8,14H. The van der Waals surface area contributed by atoms with E-state index in [1.807, 2.05) is 0 Å². The van der Waals surface area contributed by atoms with E-state index in [0.29, 0.717) is 0 Å². The first-order chi connectivity index (χ1) is 16.0. The van der Waals surface area contributed by atoms with Gasteiger partial charge in [0.1, 0.15) is 17.6 Å². The Balaban J connectivity index is 2.04. The molecule has 0 N–H and O–H groups in total. The summed E-state index contributed by atoms with van der Waals surface area (Å²) >= 11 is 0. The van der Waals surface area contributed by atoms with E-state index in [0.717, 1.165) is 48.5 Å². The molecule has 0 aliphatic heterocycles. The summed E-state index contributed by atoms with van der Waals surface area (Å²) < 4.78 is 125. The quantitative estimate of drug-likeness (QED) is 0.198. The van der Waals surface area contributed by atoms with Gasteiger partial charge < -0.3 is 8.37 Å². The zero-order valence-corrected chi connectivity index (χ0v) is 18.1. The number of benzene rings is 2. The summed E-state index contributed by atoms with van der Waals surface area (Å²) in [5, 5.41) is 23.2.